The van der Waals surface area contributed by atoms with E-state index in [1.807, 2.05) is 41.3 Å². The van der Waals surface area contributed by atoms with Gasteiger partial charge in [0.2, 0.25) is 0 Å². The monoisotopic (exact) mass is 503 g/mol. The molecule has 3 aromatic rings. The molecule has 1 amide bonds. The number of rotatable bonds is 10. The van der Waals surface area contributed by atoms with Gasteiger partial charge in [0.05, 0.1) is 6.33 Å². The lowest BCUT2D eigenvalue weighted by Crippen LogP contribution is -2.41. The van der Waals surface area contributed by atoms with E-state index >= 15 is 0 Å². The molecule has 3 rings (SSSR count). The van der Waals surface area contributed by atoms with E-state index in [0.717, 1.165) is 5.56 Å². The molecule has 1 aromatic heterocycles. The van der Waals surface area contributed by atoms with Crippen molar-refractivity contribution in [2.24, 2.45) is 0 Å². The van der Waals surface area contributed by atoms with E-state index in [1.165, 1.54) is 11.8 Å². The Balaban J connectivity index is 1.95. The van der Waals surface area contributed by atoms with Crippen molar-refractivity contribution in [1.29, 1.82) is 0 Å². The third-order valence-electron chi connectivity index (χ3n) is 4.91. The molecule has 1 atom stereocenters. The largest absolute Gasteiger partial charge is 0.480 e. The smallest absolute Gasteiger partial charge is 0.326 e. The number of hydrogen-bond acceptors (Lipinski definition) is 4. The summed E-state index contributed by atoms with van der Waals surface area (Å²) in [5, 5.41) is 13.0. The molecular formula is C24H23Cl2N3O3S. The summed E-state index contributed by atoms with van der Waals surface area (Å²) in [6, 6.07) is 9.42. The molecule has 2 aromatic carbocycles. The third-order valence-corrected chi connectivity index (χ3v) is 6.10. The number of carbonyl (C=O) groups is 2. The zero-order valence-electron chi connectivity index (χ0n) is 17.9. The summed E-state index contributed by atoms with van der Waals surface area (Å²) in [7, 11) is 0. The van der Waals surface area contributed by atoms with Gasteiger partial charge in [-0.05, 0) is 53.8 Å². The fourth-order valence-corrected chi connectivity index (χ4v) is 4.21. The summed E-state index contributed by atoms with van der Waals surface area (Å²) in [6.45, 7) is 0.648. The number of allylic oxidation sites excluding steroid dienone is 1. The second-order valence-electron chi connectivity index (χ2n) is 7.24. The first-order chi connectivity index (χ1) is 15.9. The number of aliphatic carboxylic acids is 1. The maximum Gasteiger partial charge on any atom is 0.326 e. The Hall–Kier alpha value is -2.74. The highest BCUT2D eigenvalue weighted by atomic mass is 35.5. The Morgan fingerprint density at radius 1 is 1.21 bits per heavy atom. The van der Waals surface area contributed by atoms with Crippen LogP contribution in [-0.2, 0) is 11.3 Å². The lowest BCUT2D eigenvalue weighted by atomic mass is 9.96. The molecule has 0 saturated carbocycles. The molecule has 0 unspecified atom stereocenters. The number of carbonyl (C=O) groups excluding carboxylic acids is 1. The van der Waals surface area contributed by atoms with E-state index in [4.69, 9.17) is 23.2 Å². The number of amides is 1. The average molecular weight is 504 g/mol. The van der Waals surface area contributed by atoms with Gasteiger partial charge < -0.3 is 15.0 Å². The molecule has 9 heteroatoms. The van der Waals surface area contributed by atoms with Crippen LogP contribution in [0.1, 0.15) is 22.3 Å². The van der Waals surface area contributed by atoms with Crippen LogP contribution in [0.15, 0.2) is 61.2 Å². The predicted octanol–water partition coefficient (Wildman–Crippen LogP) is 5.51. The van der Waals surface area contributed by atoms with Crippen LogP contribution in [0.5, 0.6) is 0 Å². The standard InChI is InChI=1S/C24H23Cl2N3O3S/c1-33-12-8-22(24(31)32)28-23(30)19-6-4-16(3-2-10-29-11-9-27-15-29)13-20(19)18-7-5-17(25)14-21(18)26/h2-7,9,11,13-15,22H,8,10,12H2,1H3,(H,28,30)(H,31,32)/t22-/m0/s1. The Labute approximate surface area is 206 Å². The summed E-state index contributed by atoms with van der Waals surface area (Å²) < 4.78 is 1.93. The Morgan fingerprint density at radius 2 is 2.03 bits per heavy atom. The number of nitrogens with zero attached hydrogens (tertiary/aromatic N) is 2. The minimum absolute atomic E-state index is 0.328. The van der Waals surface area contributed by atoms with Gasteiger partial charge in [-0.25, -0.2) is 9.78 Å². The predicted molar refractivity (Wildman–Crippen MR) is 135 cm³/mol. The lowest BCUT2D eigenvalue weighted by Gasteiger charge is -2.17. The molecule has 1 heterocycles. The van der Waals surface area contributed by atoms with E-state index in [0.29, 0.717) is 45.5 Å². The lowest BCUT2D eigenvalue weighted by molar-refractivity contribution is -0.139. The van der Waals surface area contributed by atoms with Gasteiger partial charge >= 0.3 is 5.97 Å². The molecule has 0 aliphatic carbocycles. The molecule has 0 spiro atoms. The van der Waals surface area contributed by atoms with Crippen LogP contribution in [0, 0.1) is 0 Å². The number of imidazole rings is 1. The van der Waals surface area contributed by atoms with Crippen molar-refractivity contribution in [1.82, 2.24) is 14.9 Å². The van der Waals surface area contributed by atoms with E-state index in [2.05, 4.69) is 10.3 Å². The minimum atomic E-state index is -1.07. The van der Waals surface area contributed by atoms with Gasteiger partial charge in [-0.3, -0.25) is 4.79 Å². The van der Waals surface area contributed by atoms with E-state index < -0.39 is 17.9 Å². The first-order valence-electron chi connectivity index (χ1n) is 10.1. The van der Waals surface area contributed by atoms with Gasteiger partial charge in [0.25, 0.3) is 5.91 Å². The zero-order chi connectivity index (χ0) is 23.8. The van der Waals surface area contributed by atoms with Crippen molar-refractivity contribution >= 4 is 52.9 Å². The summed E-state index contributed by atoms with van der Waals surface area (Å²) in [4.78, 5) is 28.7. The summed E-state index contributed by atoms with van der Waals surface area (Å²) in [5.41, 5.74) is 2.42. The van der Waals surface area contributed by atoms with Crippen LogP contribution in [0.2, 0.25) is 10.0 Å². The van der Waals surface area contributed by atoms with Crippen molar-refractivity contribution in [2.75, 3.05) is 12.0 Å². The summed E-state index contributed by atoms with van der Waals surface area (Å²) in [5.74, 6) is -0.922. The Kier molecular flexibility index (Phi) is 9.00. The zero-order valence-corrected chi connectivity index (χ0v) is 20.2. The first-order valence-corrected chi connectivity index (χ1v) is 12.3. The van der Waals surface area contributed by atoms with Crippen molar-refractivity contribution in [3.8, 4) is 11.1 Å². The van der Waals surface area contributed by atoms with Crippen LogP contribution in [0.25, 0.3) is 17.2 Å². The van der Waals surface area contributed by atoms with Gasteiger partial charge in [-0.2, -0.15) is 11.8 Å². The van der Waals surface area contributed by atoms with Crippen LogP contribution >= 0.6 is 35.0 Å². The number of aromatic nitrogens is 2. The van der Waals surface area contributed by atoms with E-state index in [-0.39, 0.29) is 0 Å². The van der Waals surface area contributed by atoms with E-state index in [9.17, 15) is 14.7 Å². The van der Waals surface area contributed by atoms with Gasteiger partial charge in [0, 0.05) is 40.1 Å². The molecule has 0 aliphatic heterocycles. The van der Waals surface area contributed by atoms with Crippen LogP contribution in [0.4, 0.5) is 0 Å². The van der Waals surface area contributed by atoms with Crippen LogP contribution in [-0.4, -0.2) is 44.6 Å². The highest BCUT2D eigenvalue weighted by molar-refractivity contribution is 7.98. The minimum Gasteiger partial charge on any atom is -0.480 e. The molecule has 2 N–H and O–H groups in total. The second-order valence-corrected chi connectivity index (χ2v) is 9.07. The number of carboxylic acid groups (broad SMARTS) is 1. The van der Waals surface area contributed by atoms with Crippen molar-refractivity contribution in [2.45, 2.75) is 19.0 Å². The number of benzene rings is 2. The molecule has 0 saturated heterocycles. The maximum atomic E-state index is 13.1. The Bertz CT molecular complexity index is 1150. The number of thioether (sulfide) groups is 1. The van der Waals surface area contributed by atoms with Gasteiger partial charge in [-0.15, -0.1) is 0 Å². The SMILES string of the molecule is CSCC[C@H](NC(=O)c1ccc(C=CCn2ccnc2)cc1-c1ccc(Cl)cc1Cl)C(=O)O. The molecule has 0 fully saturated rings. The van der Waals surface area contributed by atoms with Crippen molar-refractivity contribution in [3.05, 3.63) is 82.4 Å². The van der Waals surface area contributed by atoms with Crippen molar-refractivity contribution in [3.63, 3.8) is 0 Å². The summed E-state index contributed by atoms with van der Waals surface area (Å²) >= 11 is 14.0. The normalized spacial score (nSPS) is 12.1. The second kappa shape index (κ2) is 11.9. The average Bonchev–Trinajstić information content (AvgIpc) is 3.30. The molecule has 0 aliphatic rings. The third kappa shape index (κ3) is 6.87. The number of nitrogens with one attached hydrogen (secondary N) is 1. The number of hydrogen-bond donors (Lipinski definition) is 2. The highest BCUT2D eigenvalue weighted by Crippen LogP contribution is 2.33. The summed E-state index contributed by atoms with van der Waals surface area (Å²) in [6.07, 6.45) is 11.4. The molecule has 33 heavy (non-hydrogen) atoms. The van der Waals surface area contributed by atoms with Crippen LogP contribution < -0.4 is 5.32 Å². The number of halogens is 2. The first kappa shape index (κ1) is 24.9. The topological polar surface area (TPSA) is 84.2 Å². The molecule has 172 valence electrons. The Morgan fingerprint density at radius 3 is 2.70 bits per heavy atom. The van der Waals surface area contributed by atoms with Crippen LogP contribution in [0.3, 0.4) is 0 Å². The van der Waals surface area contributed by atoms with Gasteiger partial charge in [0.15, 0.2) is 0 Å². The number of carboxylic acids is 1. The fraction of sp³-hybridized carbons (Fsp3) is 0.208. The quantitative estimate of drug-likeness (QED) is 0.381. The molecular weight excluding hydrogens is 481 g/mol. The fourth-order valence-electron chi connectivity index (χ4n) is 3.23. The highest BCUT2D eigenvalue weighted by Gasteiger charge is 2.23. The molecule has 0 radical (unpaired) electrons. The van der Waals surface area contributed by atoms with Crippen molar-refractivity contribution < 1.29 is 14.7 Å². The van der Waals surface area contributed by atoms with Gasteiger partial charge in [0.1, 0.15) is 6.04 Å². The molecule has 0 bridgehead atoms. The molecule has 6 nitrogen and oxygen atoms in total. The van der Waals surface area contributed by atoms with Gasteiger partial charge in [-0.1, -0.05) is 47.5 Å². The maximum absolute atomic E-state index is 13.1. The van der Waals surface area contributed by atoms with E-state index in [1.54, 1.807) is 36.8 Å².